The van der Waals surface area contributed by atoms with Crippen molar-refractivity contribution in [2.45, 2.75) is 56.7 Å². The van der Waals surface area contributed by atoms with Gasteiger partial charge in [-0.15, -0.1) is 0 Å². The van der Waals surface area contributed by atoms with E-state index in [0.29, 0.717) is 19.3 Å². The number of aliphatic hydroxyl groups excluding tert-OH is 1. The molecule has 2 aliphatic rings. The van der Waals surface area contributed by atoms with Crippen molar-refractivity contribution in [3.05, 3.63) is 54.1 Å². The topological polar surface area (TPSA) is 82.1 Å². The van der Waals surface area contributed by atoms with Crippen LogP contribution in [0.3, 0.4) is 0 Å². The Morgan fingerprint density at radius 3 is 2.81 bits per heavy atom. The van der Waals surface area contributed by atoms with Crippen LogP contribution in [0.15, 0.2) is 48.6 Å². The predicted octanol–water partition coefficient (Wildman–Crippen LogP) is 2.41. The molecule has 0 radical (unpaired) electrons. The molecule has 1 N–H and O–H groups in total. The van der Waals surface area contributed by atoms with E-state index in [2.05, 4.69) is 0 Å². The monoisotopic (exact) mass is 372 g/mol. The van der Waals surface area contributed by atoms with Gasteiger partial charge < -0.3 is 19.3 Å². The zero-order chi connectivity index (χ0) is 19.2. The molecule has 0 saturated carbocycles. The van der Waals surface area contributed by atoms with E-state index >= 15 is 0 Å². The fraction of sp³-hybridized carbons (Fsp3) is 0.429. The summed E-state index contributed by atoms with van der Waals surface area (Å²) in [6.45, 7) is 1.39. The summed E-state index contributed by atoms with van der Waals surface area (Å²) in [4.78, 5) is 22.8. The van der Waals surface area contributed by atoms with Crippen LogP contribution in [0.25, 0.3) is 6.08 Å². The van der Waals surface area contributed by atoms with Crippen LogP contribution in [0.4, 0.5) is 0 Å². The Labute approximate surface area is 158 Å². The highest BCUT2D eigenvalue weighted by Crippen LogP contribution is 2.28. The molecule has 144 valence electrons. The molecule has 0 bridgehead atoms. The summed E-state index contributed by atoms with van der Waals surface area (Å²) in [6.07, 6.45) is 5.62. The van der Waals surface area contributed by atoms with E-state index in [9.17, 15) is 14.7 Å². The molecule has 27 heavy (non-hydrogen) atoms. The van der Waals surface area contributed by atoms with Crippen LogP contribution < -0.4 is 0 Å². The van der Waals surface area contributed by atoms with Crippen LogP contribution >= 0.6 is 0 Å². The van der Waals surface area contributed by atoms with Gasteiger partial charge in [-0.1, -0.05) is 42.5 Å². The third-order valence-electron chi connectivity index (χ3n) is 4.60. The van der Waals surface area contributed by atoms with Crippen LogP contribution in [-0.2, 0) is 23.8 Å². The molecule has 0 aliphatic carbocycles. The standard InChI is InChI=1S/C21H24O6/c1-14(22)25-17-11-16(8-7-15-5-3-2-4-6-15)26-18(12-17)13-20-19(23)9-10-21(24)27-20/h2-10,16-20,23H,11-13H2,1H3/b8-7+/t16-,17-,18+,19+,20+/m0/s1. The minimum atomic E-state index is -0.862. The molecule has 3 rings (SSSR count). The summed E-state index contributed by atoms with van der Waals surface area (Å²) in [5.74, 6) is -0.809. The second-order valence-electron chi connectivity index (χ2n) is 6.83. The first-order valence-corrected chi connectivity index (χ1v) is 9.12. The van der Waals surface area contributed by atoms with Crippen LogP contribution in [0.2, 0.25) is 0 Å². The largest absolute Gasteiger partial charge is 0.462 e. The lowest BCUT2D eigenvalue weighted by molar-refractivity contribution is -0.163. The van der Waals surface area contributed by atoms with Crippen molar-refractivity contribution < 1.29 is 28.9 Å². The number of hydrogen-bond donors (Lipinski definition) is 1. The van der Waals surface area contributed by atoms with Crippen LogP contribution in [0.1, 0.15) is 31.7 Å². The molecule has 1 saturated heterocycles. The van der Waals surface area contributed by atoms with Gasteiger partial charge in [0.2, 0.25) is 0 Å². The Morgan fingerprint density at radius 1 is 1.30 bits per heavy atom. The van der Waals surface area contributed by atoms with E-state index in [4.69, 9.17) is 14.2 Å². The predicted molar refractivity (Wildman–Crippen MR) is 98.6 cm³/mol. The van der Waals surface area contributed by atoms with E-state index in [-0.39, 0.29) is 24.3 Å². The summed E-state index contributed by atoms with van der Waals surface area (Å²) in [6, 6.07) is 9.85. The fourth-order valence-corrected chi connectivity index (χ4v) is 3.40. The Hall–Kier alpha value is -2.44. The molecular weight excluding hydrogens is 348 g/mol. The van der Waals surface area contributed by atoms with E-state index in [1.165, 1.54) is 19.1 Å². The lowest BCUT2D eigenvalue weighted by atomic mass is 9.94. The number of aliphatic hydroxyl groups is 1. The maximum Gasteiger partial charge on any atom is 0.330 e. The van der Waals surface area contributed by atoms with E-state index in [1.54, 1.807) is 0 Å². The van der Waals surface area contributed by atoms with Crippen molar-refractivity contribution in [2.24, 2.45) is 0 Å². The van der Waals surface area contributed by atoms with Crippen LogP contribution in [0.5, 0.6) is 0 Å². The van der Waals surface area contributed by atoms with Crippen molar-refractivity contribution in [2.75, 3.05) is 0 Å². The molecule has 0 unspecified atom stereocenters. The van der Waals surface area contributed by atoms with Gasteiger partial charge in [0.05, 0.1) is 12.2 Å². The maximum atomic E-state index is 11.5. The third-order valence-corrected chi connectivity index (χ3v) is 4.60. The normalized spacial score (nSPS) is 30.9. The van der Waals surface area contributed by atoms with Crippen LogP contribution in [-0.4, -0.2) is 47.6 Å². The van der Waals surface area contributed by atoms with Crippen molar-refractivity contribution in [1.29, 1.82) is 0 Å². The summed E-state index contributed by atoms with van der Waals surface area (Å²) in [5.41, 5.74) is 1.05. The SMILES string of the molecule is CC(=O)O[C@@H]1C[C@H](C[C@H]2OC(=O)C=C[C@H]2O)O[C@@H](/C=C/c2ccccc2)C1. The summed E-state index contributed by atoms with van der Waals surface area (Å²) >= 11 is 0. The molecule has 2 heterocycles. The van der Waals surface area contributed by atoms with E-state index in [1.807, 2.05) is 42.5 Å². The highest BCUT2D eigenvalue weighted by molar-refractivity contribution is 5.83. The van der Waals surface area contributed by atoms with Gasteiger partial charge in [0.25, 0.3) is 0 Å². The smallest absolute Gasteiger partial charge is 0.330 e. The molecule has 1 fully saturated rings. The first-order chi connectivity index (χ1) is 13.0. The van der Waals surface area contributed by atoms with E-state index < -0.39 is 18.2 Å². The van der Waals surface area contributed by atoms with Gasteiger partial charge in [-0.3, -0.25) is 4.79 Å². The van der Waals surface area contributed by atoms with Gasteiger partial charge >= 0.3 is 11.9 Å². The molecule has 1 aromatic rings. The molecule has 1 aromatic carbocycles. The first kappa shape index (κ1) is 19.3. The van der Waals surface area contributed by atoms with Gasteiger partial charge in [-0.2, -0.15) is 0 Å². The molecule has 0 spiro atoms. The third kappa shape index (κ3) is 5.77. The Kier molecular flexibility index (Phi) is 6.42. The molecule has 6 heteroatoms. The number of carbonyl (C=O) groups excluding carboxylic acids is 2. The summed E-state index contributed by atoms with van der Waals surface area (Å²) in [7, 11) is 0. The summed E-state index contributed by atoms with van der Waals surface area (Å²) < 4.78 is 16.7. The minimum Gasteiger partial charge on any atom is -0.462 e. The number of hydrogen-bond acceptors (Lipinski definition) is 6. The van der Waals surface area contributed by atoms with Gasteiger partial charge in [-0.05, 0) is 11.6 Å². The number of ether oxygens (including phenoxy) is 3. The number of benzene rings is 1. The number of rotatable bonds is 5. The number of esters is 2. The Morgan fingerprint density at radius 2 is 2.07 bits per heavy atom. The quantitative estimate of drug-likeness (QED) is 0.800. The molecule has 0 amide bonds. The second kappa shape index (κ2) is 8.97. The summed E-state index contributed by atoms with van der Waals surface area (Å²) in [5, 5.41) is 10.0. The van der Waals surface area contributed by atoms with Crippen molar-refractivity contribution in [3.63, 3.8) is 0 Å². The average molecular weight is 372 g/mol. The fourth-order valence-electron chi connectivity index (χ4n) is 3.40. The van der Waals surface area contributed by atoms with Crippen molar-refractivity contribution >= 4 is 18.0 Å². The second-order valence-corrected chi connectivity index (χ2v) is 6.83. The lowest BCUT2D eigenvalue weighted by Gasteiger charge is -2.36. The molecule has 2 aliphatic heterocycles. The molecule has 5 atom stereocenters. The zero-order valence-corrected chi connectivity index (χ0v) is 15.2. The first-order valence-electron chi connectivity index (χ1n) is 9.12. The Balaban J connectivity index is 1.67. The lowest BCUT2D eigenvalue weighted by Crippen LogP contribution is -2.42. The average Bonchev–Trinajstić information content (AvgIpc) is 2.63. The van der Waals surface area contributed by atoms with Gasteiger partial charge in [0.15, 0.2) is 0 Å². The van der Waals surface area contributed by atoms with Gasteiger partial charge in [-0.25, -0.2) is 4.79 Å². The van der Waals surface area contributed by atoms with Crippen molar-refractivity contribution in [1.82, 2.24) is 0 Å². The molecule has 0 aromatic heterocycles. The molecule has 6 nitrogen and oxygen atoms in total. The maximum absolute atomic E-state index is 11.5. The number of carbonyl (C=O) groups is 2. The minimum absolute atomic E-state index is 0.236. The zero-order valence-electron chi connectivity index (χ0n) is 15.2. The molecular formula is C21H24O6. The highest BCUT2D eigenvalue weighted by atomic mass is 16.6. The van der Waals surface area contributed by atoms with Gasteiger partial charge in [0, 0.05) is 32.3 Å². The van der Waals surface area contributed by atoms with Crippen LogP contribution in [0, 0.1) is 0 Å². The highest BCUT2D eigenvalue weighted by Gasteiger charge is 2.35. The van der Waals surface area contributed by atoms with Crippen molar-refractivity contribution in [3.8, 4) is 0 Å². The Bertz CT molecular complexity index is 711. The number of cyclic esters (lactones) is 1. The van der Waals surface area contributed by atoms with E-state index in [0.717, 1.165) is 5.56 Å². The van der Waals surface area contributed by atoms with Gasteiger partial charge in [0.1, 0.15) is 18.3 Å².